The largest absolute Gasteiger partial charge is 0.508 e. The van der Waals surface area contributed by atoms with Crippen molar-refractivity contribution in [1.29, 1.82) is 0 Å². The van der Waals surface area contributed by atoms with Crippen LogP contribution in [0.3, 0.4) is 0 Å². The Labute approximate surface area is 236 Å². The molecule has 0 amide bonds. The predicted octanol–water partition coefficient (Wildman–Crippen LogP) is 4.92. The molecule has 2 fully saturated rings. The number of phenols is 2. The minimum atomic E-state index is -2.16. The Bertz CT molecular complexity index is 1170. The smallest absolute Gasteiger partial charge is 0.303 e. The first-order chi connectivity index (χ1) is 18.6. The zero-order valence-electron chi connectivity index (χ0n) is 24.7. The zero-order valence-corrected chi connectivity index (χ0v) is 24.7. The Kier molecular flexibility index (Phi) is 9.75. The maximum atomic E-state index is 12.4. The van der Waals surface area contributed by atoms with Crippen molar-refractivity contribution < 1.29 is 43.9 Å². The molecule has 0 aliphatic carbocycles. The second-order valence-electron chi connectivity index (χ2n) is 11.8. The number of aromatic hydroxyl groups is 2. The molecule has 9 heteroatoms. The number of carbonyl (C=O) groups is 2. The number of phenolic OH excluding ortho intramolecular Hbond substituents is 2. The molecule has 2 heterocycles. The summed E-state index contributed by atoms with van der Waals surface area (Å²) in [7, 11) is 0. The number of fused-ring (bicyclic) bond motifs is 2. The van der Waals surface area contributed by atoms with Gasteiger partial charge in [-0.05, 0) is 71.6 Å². The van der Waals surface area contributed by atoms with E-state index in [9.17, 15) is 24.9 Å². The Morgan fingerprint density at radius 1 is 1.12 bits per heavy atom. The van der Waals surface area contributed by atoms with Gasteiger partial charge < -0.3 is 34.3 Å². The average molecular weight is 561 g/mol. The van der Waals surface area contributed by atoms with Crippen LogP contribution in [-0.4, -0.2) is 63.1 Å². The topological polar surface area (TPSA) is 132 Å². The second kappa shape index (κ2) is 12.3. The molecule has 3 rings (SSSR count). The lowest BCUT2D eigenvalue weighted by atomic mass is 9.82. The van der Waals surface area contributed by atoms with E-state index >= 15 is 0 Å². The van der Waals surface area contributed by atoms with Crippen LogP contribution in [-0.2, 0) is 35.0 Å². The van der Waals surface area contributed by atoms with Crippen LogP contribution in [0.2, 0.25) is 0 Å². The fourth-order valence-corrected chi connectivity index (χ4v) is 5.61. The van der Waals surface area contributed by atoms with Crippen molar-refractivity contribution in [3.8, 4) is 11.5 Å². The molecule has 1 aromatic carbocycles. The third-order valence-corrected chi connectivity index (χ3v) is 7.73. The molecule has 2 bridgehead atoms. The Morgan fingerprint density at radius 3 is 2.45 bits per heavy atom. The van der Waals surface area contributed by atoms with E-state index in [2.05, 4.69) is 19.9 Å². The third-order valence-electron chi connectivity index (χ3n) is 7.73. The van der Waals surface area contributed by atoms with Gasteiger partial charge in [0.15, 0.2) is 5.60 Å². The highest BCUT2D eigenvalue weighted by atomic mass is 16.7. The van der Waals surface area contributed by atoms with Crippen molar-refractivity contribution >= 4 is 11.9 Å². The molecule has 222 valence electrons. The molecule has 0 radical (unpaired) electrons. The molecule has 3 N–H and O–H groups in total. The summed E-state index contributed by atoms with van der Waals surface area (Å²) in [6.45, 7) is 11.6. The fraction of sp³-hybridized carbons (Fsp3) is 0.613. The summed E-state index contributed by atoms with van der Waals surface area (Å²) in [6, 6.07) is 2.74. The summed E-state index contributed by atoms with van der Waals surface area (Å²) in [5, 5.41) is 33.3. The van der Waals surface area contributed by atoms with Gasteiger partial charge in [0, 0.05) is 38.7 Å². The first-order valence-corrected chi connectivity index (χ1v) is 13.8. The standard InChI is InChI=1S/C31H44O9/c1-19(2)9-8-10-20(3)13-25-17-29(7)11-12-31(39-25,40-29)30(36,18-37-22(5)32)28(38-23(6)33)16-24-15-26(34)21(4)14-27(24)35/h9,13-15,25,28,34-36H,8,10-12,16-18H2,1-7H3/b20-13+. The normalized spacial score (nSPS) is 26.5. The van der Waals surface area contributed by atoms with Crippen LogP contribution < -0.4 is 0 Å². The van der Waals surface area contributed by atoms with Gasteiger partial charge in [-0.1, -0.05) is 23.3 Å². The van der Waals surface area contributed by atoms with Gasteiger partial charge in [0.25, 0.3) is 0 Å². The number of carbonyl (C=O) groups excluding carboxylic acids is 2. The van der Waals surface area contributed by atoms with E-state index < -0.39 is 47.7 Å². The Hall–Kier alpha value is -2.88. The van der Waals surface area contributed by atoms with Crippen molar-refractivity contribution in [3.63, 3.8) is 0 Å². The van der Waals surface area contributed by atoms with Crippen LogP contribution in [0.4, 0.5) is 0 Å². The van der Waals surface area contributed by atoms with Gasteiger partial charge in [-0.15, -0.1) is 0 Å². The van der Waals surface area contributed by atoms with Crippen molar-refractivity contribution in [2.75, 3.05) is 6.61 Å². The molecule has 2 saturated heterocycles. The van der Waals surface area contributed by atoms with Gasteiger partial charge in [-0.3, -0.25) is 9.59 Å². The van der Waals surface area contributed by atoms with E-state index in [4.69, 9.17) is 18.9 Å². The van der Waals surface area contributed by atoms with Crippen LogP contribution in [0.15, 0.2) is 35.4 Å². The van der Waals surface area contributed by atoms with E-state index in [1.807, 2.05) is 19.9 Å². The molecule has 5 atom stereocenters. The lowest BCUT2D eigenvalue weighted by Gasteiger charge is -2.51. The fourth-order valence-electron chi connectivity index (χ4n) is 5.61. The molecule has 2 aliphatic heterocycles. The number of benzene rings is 1. The number of hydrogen-bond acceptors (Lipinski definition) is 9. The van der Waals surface area contributed by atoms with Crippen LogP contribution in [0.5, 0.6) is 11.5 Å². The van der Waals surface area contributed by atoms with Crippen LogP contribution in [0.1, 0.15) is 84.8 Å². The molecule has 2 aliphatic rings. The zero-order chi connectivity index (χ0) is 29.9. The summed E-state index contributed by atoms with van der Waals surface area (Å²) in [6.07, 6.45) is 5.35. The van der Waals surface area contributed by atoms with E-state index in [0.717, 1.165) is 18.4 Å². The van der Waals surface area contributed by atoms with Gasteiger partial charge in [-0.2, -0.15) is 0 Å². The molecule has 0 aromatic heterocycles. The van der Waals surface area contributed by atoms with E-state index in [1.165, 1.54) is 31.6 Å². The number of allylic oxidation sites excluding steroid dienone is 3. The van der Waals surface area contributed by atoms with Gasteiger partial charge in [0.2, 0.25) is 5.79 Å². The van der Waals surface area contributed by atoms with Crippen LogP contribution in [0, 0.1) is 6.92 Å². The first kappa shape index (κ1) is 31.6. The second-order valence-corrected chi connectivity index (χ2v) is 11.8. The van der Waals surface area contributed by atoms with Gasteiger partial charge in [0.05, 0.1) is 11.7 Å². The predicted molar refractivity (Wildman–Crippen MR) is 149 cm³/mol. The summed E-state index contributed by atoms with van der Waals surface area (Å²) >= 11 is 0. The Balaban J connectivity index is 2.05. The summed E-state index contributed by atoms with van der Waals surface area (Å²) in [4.78, 5) is 24.2. The molecule has 1 aromatic rings. The number of rotatable bonds is 11. The van der Waals surface area contributed by atoms with Gasteiger partial charge in [0.1, 0.15) is 24.2 Å². The molecule has 40 heavy (non-hydrogen) atoms. The lowest BCUT2D eigenvalue weighted by Crippen LogP contribution is -2.69. The molecule has 0 saturated carbocycles. The third kappa shape index (κ3) is 7.25. The van der Waals surface area contributed by atoms with Gasteiger partial charge >= 0.3 is 11.9 Å². The molecule has 0 spiro atoms. The van der Waals surface area contributed by atoms with Crippen molar-refractivity contribution in [3.05, 3.63) is 46.6 Å². The average Bonchev–Trinajstić information content (AvgIpc) is 3.09. The molecule has 5 unspecified atom stereocenters. The highest BCUT2D eigenvalue weighted by molar-refractivity contribution is 5.67. The number of ether oxygens (including phenoxy) is 4. The van der Waals surface area contributed by atoms with E-state index in [0.29, 0.717) is 18.4 Å². The summed E-state index contributed by atoms with van der Waals surface area (Å²) in [5.41, 5.74) is 0.267. The highest BCUT2D eigenvalue weighted by Gasteiger charge is 2.67. The maximum absolute atomic E-state index is 12.4. The van der Waals surface area contributed by atoms with Crippen molar-refractivity contribution in [2.45, 2.75) is 116 Å². The highest BCUT2D eigenvalue weighted by Crippen LogP contribution is 2.54. The van der Waals surface area contributed by atoms with Gasteiger partial charge in [-0.25, -0.2) is 0 Å². The number of esters is 2. The van der Waals surface area contributed by atoms with Crippen molar-refractivity contribution in [2.24, 2.45) is 0 Å². The number of aliphatic hydroxyl groups is 1. The summed E-state index contributed by atoms with van der Waals surface area (Å²) < 4.78 is 24.0. The minimum absolute atomic E-state index is 0.0662. The van der Waals surface area contributed by atoms with E-state index in [1.54, 1.807) is 6.92 Å². The van der Waals surface area contributed by atoms with Crippen LogP contribution in [0.25, 0.3) is 0 Å². The van der Waals surface area contributed by atoms with Crippen molar-refractivity contribution in [1.82, 2.24) is 0 Å². The quantitative estimate of drug-likeness (QED) is 0.196. The molecular weight excluding hydrogens is 516 g/mol. The number of aryl methyl sites for hydroxylation is 1. The summed E-state index contributed by atoms with van der Waals surface area (Å²) in [5.74, 6) is -3.23. The molecular formula is C31H44O9. The monoisotopic (exact) mass is 560 g/mol. The maximum Gasteiger partial charge on any atom is 0.303 e. The van der Waals surface area contributed by atoms with Crippen LogP contribution >= 0.6 is 0 Å². The minimum Gasteiger partial charge on any atom is -0.508 e. The molecule has 9 nitrogen and oxygen atoms in total. The van der Waals surface area contributed by atoms with E-state index in [-0.39, 0.29) is 29.9 Å². The first-order valence-electron chi connectivity index (χ1n) is 13.8. The lowest BCUT2D eigenvalue weighted by molar-refractivity contribution is -0.383. The SMILES string of the molecule is CC(=O)OCC(O)(C(Cc1cc(O)c(C)cc1O)OC(C)=O)C12CCC(C)(CC(/C=C(\C)CCC=C(C)C)O1)O2. The number of hydrogen-bond donors (Lipinski definition) is 3. The Morgan fingerprint density at radius 2 is 1.82 bits per heavy atom.